The van der Waals surface area contributed by atoms with Gasteiger partial charge in [-0.2, -0.15) is 10.2 Å². The van der Waals surface area contributed by atoms with Crippen LogP contribution in [-0.2, 0) is 13.1 Å². The summed E-state index contributed by atoms with van der Waals surface area (Å²) >= 11 is 0. The molecular formula is C26H27N5O. The van der Waals surface area contributed by atoms with Crippen molar-refractivity contribution in [3.63, 3.8) is 0 Å². The minimum atomic E-state index is -0.122. The molecule has 0 aliphatic heterocycles. The molecule has 2 aromatic heterocycles. The van der Waals surface area contributed by atoms with E-state index in [1.165, 1.54) is 5.56 Å². The smallest absolute Gasteiger partial charge is 0.270 e. The third kappa shape index (κ3) is 4.08. The quantitative estimate of drug-likeness (QED) is 0.473. The van der Waals surface area contributed by atoms with Crippen molar-refractivity contribution < 1.29 is 4.79 Å². The standard InChI is InChI=1S/C26H27N5O/c1-18-23(19(2)30(28-18)17-20-9-5-3-6-10-20)16-27-26(32)25-15-24(21-13-14-21)29-31(25)22-11-7-4-8-12-22/h3-12,15,21H,13-14,16-17H2,1-2H3,(H,27,32). The van der Waals surface area contributed by atoms with Gasteiger partial charge in [0.25, 0.3) is 5.91 Å². The number of hydrogen-bond donors (Lipinski definition) is 1. The van der Waals surface area contributed by atoms with Crippen LogP contribution in [0.2, 0.25) is 0 Å². The second-order valence-electron chi connectivity index (χ2n) is 8.45. The van der Waals surface area contributed by atoms with Gasteiger partial charge in [0.2, 0.25) is 0 Å². The fourth-order valence-electron chi connectivity index (χ4n) is 4.07. The molecular weight excluding hydrogens is 398 g/mol. The van der Waals surface area contributed by atoms with Gasteiger partial charge in [-0.25, -0.2) is 4.68 Å². The van der Waals surface area contributed by atoms with Crippen molar-refractivity contribution in [2.45, 2.75) is 45.7 Å². The Morgan fingerprint density at radius 1 is 1.00 bits per heavy atom. The first-order chi connectivity index (χ1) is 15.6. The summed E-state index contributed by atoms with van der Waals surface area (Å²) in [5.41, 5.74) is 6.74. The van der Waals surface area contributed by atoms with E-state index in [0.717, 1.165) is 41.2 Å². The topological polar surface area (TPSA) is 64.7 Å². The van der Waals surface area contributed by atoms with Gasteiger partial charge < -0.3 is 5.32 Å². The lowest BCUT2D eigenvalue weighted by atomic mass is 10.2. The second kappa shape index (κ2) is 8.46. The highest BCUT2D eigenvalue weighted by Crippen LogP contribution is 2.39. The molecule has 0 atom stereocenters. The van der Waals surface area contributed by atoms with E-state index in [0.29, 0.717) is 24.7 Å². The molecule has 0 unspecified atom stereocenters. The highest BCUT2D eigenvalue weighted by atomic mass is 16.2. The van der Waals surface area contributed by atoms with Crippen LogP contribution in [0.15, 0.2) is 66.7 Å². The number of nitrogens with zero attached hydrogens (tertiary/aromatic N) is 4. The summed E-state index contributed by atoms with van der Waals surface area (Å²) in [7, 11) is 0. The van der Waals surface area contributed by atoms with Crippen LogP contribution in [0, 0.1) is 13.8 Å². The van der Waals surface area contributed by atoms with Crippen molar-refractivity contribution in [2.24, 2.45) is 0 Å². The van der Waals surface area contributed by atoms with Gasteiger partial charge in [-0.3, -0.25) is 9.48 Å². The van der Waals surface area contributed by atoms with Gasteiger partial charge in [0, 0.05) is 23.7 Å². The highest BCUT2D eigenvalue weighted by molar-refractivity contribution is 5.93. The predicted molar refractivity (Wildman–Crippen MR) is 124 cm³/mol. The largest absolute Gasteiger partial charge is 0.346 e. The predicted octanol–water partition coefficient (Wildman–Crippen LogP) is 4.54. The molecule has 0 saturated heterocycles. The van der Waals surface area contributed by atoms with E-state index in [4.69, 9.17) is 10.2 Å². The Morgan fingerprint density at radius 3 is 2.38 bits per heavy atom. The number of benzene rings is 2. The lowest BCUT2D eigenvalue weighted by Gasteiger charge is -2.09. The fourth-order valence-corrected chi connectivity index (χ4v) is 4.07. The van der Waals surface area contributed by atoms with Crippen molar-refractivity contribution in [1.29, 1.82) is 0 Å². The maximum Gasteiger partial charge on any atom is 0.270 e. The highest BCUT2D eigenvalue weighted by Gasteiger charge is 2.29. The third-order valence-corrected chi connectivity index (χ3v) is 6.09. The van der Waals surface area contributed by atoms with Crippen molar-refractivity contribution in [3.8, 4) is 5.69 Å². The maximum atomic E-state index is 13.2. The summed E-state index contributed by atoms with van der Waals surface area (Å²) in [5, 5.41) is 12.6. The number of carbonyl (C=O) groups is 1. The summed E-state index contributed by atoms with van der Waals surface area (Å²) in [6.45, 7) is 5.20. The van der Waals surface area contributed by atoms with Gasteiger partial charge >= 0.3 is 0 Å². The molecule has 5 rings (SSSR count). The van der Waals surface area contributed by atoms with Crippen molar-refractivity contribution in [3.05, 3.63) is 101 Å². The molecule has 1 amide bonds. The number of hydrogen-bond acceptors (Lipinski definition) is 3. The molecule has 32 heavy (non-hydrogen) atoms. The van der Waals surface area contributed by atoms with Gasteiger partial charge in [-0.15, -0.1) is 0 Å². The van der Waals surface area contributed by atoms with Crippen LogP contribution in [0.3, 0.4) is 0 Å². The molecule has 0 bridgehead atoms. The number of amides is 1. The van der Waals surface area contributed by atoms with Crippen LogP contribution >= 0.6 is 0 Å². The molecule has 1 saturated carbocycles. The molecule has 2 aromatic carbocycles. The van der Waals surface area contributed by atoms with E-state index >= 15 is 0 Å². The van der Waals surface area contributed by atoms with Gasteiger partial charge in [-0.1, -0.05) is 48.5 Å². The molecule has 6 heteroatoms. The molecule has 0 radical (unpaired) electrons. The number of carbonyl (C=O) groups excluding carboxylic acids is 1. The molecule has 0 spiro atoms. The molecule has 1 aliphatic rings. The van der Waals surface area contributed by atoms with Crippen LogP contribution in [0.1, 0.15) is 57.5 Å². The summed E-state index contributed by atoms with van der Waals surface area (Å²) in [5.74, 6) is 0.357. The van der Waals surface area contributed by atoms with Crippen molar-refractivity contribution in [1.82, 2.24) is 24.9 Å². The Labute approximate surface area is 187 Å². The van der Waals surface area contributed by atoms with Gasteiger partial charge in [0.15, 0.2) is 0 Å². The van der Waals surface area contributed by atoms with E-state index in [9.17, 15) is 4.79 Å². The Bertz CT molecular complexity index is 1240. The molecule has 1 fully saturated rings. The Morgan fingerprint density at radius 2 is 1.69 bits per heavy atom. The number of nitrogens with one attached hydrogen (secondary N) is 1. The van der Waals surface area contributed by atoms with Crippen LogP contribution in [0.4, 0.5) is 0 Å². The van der Waals surface area contributed by atoms with E-state index in [-0.39, 0.29) is 5.91 Å². The average Bonchev–Trinajstić information content (AvgIpc) is 3.51. The minimum absolute atomic E-state index is 0.122. The van der Waals surface area contributed by atoms with Crippen LogP contribution in [0.5, 0.6) is 0 Å². The zero-order chi connectivity index (χ0) is 22.1. The maximum absolute atomic E-state index is 13.2. The van der Waals surface area contributed by atoms with E-state index in [1.54, 1.807) is 4.68 Å². The zero-order valence-corrected chi connectivity index (χ0v) is 18.5. The number of para-hydroxylation sites is 1. The van der Waals surface area contributed by atoms with Gasteiger partial charge in [0.05, 0.1) is 23.6 Å². The van der Waals surface area contributed by atoms with E-state index < -0.39 is 0 Å². The third-order valence-electron chi connectivity index (χ3n) is 6.09. The molecule has 4 aromatic rings. The first-order valence-corrected chi connectivity index (χ1v) is 11.1. The SMILES string of the molecule is Cc1nn(Cc2ccccc2)c(C)c1CNC(=O)c1cc(C2CC2)nn1-c1ccccc1. The lowest BCUT2D eigenvalue weighted by Crippen LogP contribution is -2.26. The van der Waals surface area contributed by atoms with Crippen molar-refractivity contribution >= 4 is 5.91 Å². The zero-order valence-electron chi connectivity index (χ0n) is 18.5. The van der Waals surface area contributed by atoms with E-state index in [2.05, 4.69) is 24.4 Å². The average molecular weight is 426 g/mol. The minimum Gasteiger partial charge on any atom is -0.346 e. The second-order valence-corrected chi connectivity index (χ2v) is 8.45. The van der Waals surface area contributed by atoms with Crippen LogP contribution < -0.4 is 5.32 Å². The molecule has 1 aliphatic carbocycles. The Kier molecular flexibility index (Phi) is 5.35. The fraction of sp³-hybridized carbons (Fsp3) is 0.269. The Hall–Kier alpha value is -3.67. The van der Waals surface area contributed by atoms with Gasteiger partial charge in [0.1, 0.15) is 5.69 Å². The molecule has 162 valence electrons. The number of aryl methyl sites for hydroxylation is 1. The van der Waals surface area contributed by atoms with Crippen LogP contribution in [-0.4, -0.2) is 25.5 Å². The summed E-state index contributed by atoms with van der Waals surface area (Å²) in [6.07, 6.45) is 2.29. The first-order valence-electron chi connectivity index (χ1n) is 11.1. The number of aromatic nitrogens is 4. The first kappa shape index (κ1) is 20.2. The molecule has 2 heterocycles. The summed E-state index contributed by atoms with van der Waals surface area (Å²) in [6, 6.07) is 22.1. The normalized spacial score (nSPS) is 13.3. The summed E-state index contributed by atoms with van der Waals surface area (Å²) in [4.78, 5) is 13.2. The number of rotatable bonds is 7. The molecule has 1 N–H and O–H groups in total. The summed E-state index contributed by atoms with van der Waals surface area (Å²) < 4.78 is 3.77. The van der Waals surface area contributed by atoms with E-state index in [1.807, 2.05) is 66.2 Å². The van der Waals surface area contributed by atoms with Crippen molar-refractivity contribution in [2.75, 3.05) is 0 Å². The Balaban J connectivity index is 1.35. The van der Waals surface area contributed by atoms with Gasteiger partial charge in [-0.05, 0) is 50.5 Å². The monoisotopic (exact) mass is 425 g/mol. The molecule has 6 nitrogen and oxygen atoms in total. The lowest BCUT2D eigenvalue weighted by molar-refractivity contribution is 0.0943. The van der Waals surface area contributed by atoms with Crippen LogP contribution in [0.25, 0.3) is 5.69 Å².